The molecule has 3 amide bonds. The fourth-order valence-corrected chi connectivity index (χ4v) is 3.11. The zero-order valence-corrected chi connectivity index (χ0v) is 14.9. The summed E-state index contributed by atoms with van der Waals surface area (Å²) >= 11 is 5.84. The van der Waals surface area contributed by atoms with Gasteiger partial charge in [0.15, 0.2) is 0 Å². The lowest BCUT2D eigenvalue weighted by Crippen LogP contribution is -2.49. The SMILES string of the molecule is CCCN(CCC)C(=O)C1CCC(=O)N1C(=O)c1ccc(Cl)cc1. The summed E-state index contributed by atoms with van der Waals surface area (Å²) in [5, 5.41) is 0.518. The maximum Gasteiger partial charge on any atom is 0.261 e. The molecular weight excluding hydrogens is 328 g/mol. The first kappa shape index (κ1) is 18.5. The molecular formula is C18H23ClN2O3. The summed E-state index contributed by atoms with van der Waals surface area (Å²) in [6.07, 6.45) is 2.30. The van der Waals surface area contributed by atoms with E-state index in [0.29, 0.717) is 30.1 Å². The van der Waals surface area contributed by atoms with E-state index < -0.39 is 11.9 Å². The molecule has 5 nitrogen and oxygen atoms in total. The largest absolute Gasteiger partial charge is 0.341 e. The highest BCUT2D eigenvalue weighted by Gasteiger charge is 2.41. The molecule has 1 unspecified atom stereocenters. The molecule has 0 radical (unpaired) electrons. The number of nitrogens with zero attached hydrogens (tertiary/aromatic N) is 2. The molecule has 1 saturated heterocycles. The minimum Gasteiger partial charge on any atom is -0.341 e. The minimum atomic E-state index is -0.696. The van der Waals surface area contributed by atoms with Crippen molar-refractivity contribution in [3.8, 4) is 0 Å². The van der Waals surface area contributed by atoms with Crippen molar-refractivity contribution in [2.75, 3.05) is 13.1 Å². The van der Waals surface area contributed by atoms with Crippen LogP contribution in [0.5, 0.6) is 0 Å². The van der Waals surface area contributed by atoms with Crippen molar-refractivity contribution in [2.45, 2.75) is 45.6 Å². The van der Waals surface area contributed by atoms with Gasteiger partial charge in [-0.3, -0.25) is 19.3 Å². The summed E-state index contributed by atoms with van der Waals surface area (Å²) in [5.41, 5.74) is 0.366. The van der Waals surface area contributed by atoms with Crippen molar-refractivity contribution >= 4 is 29.3 Å². The number of amides is 3. The van der Waals surface area contributed by atoms with Gasteiger partial charge >= 0.3 is 0 Å². The van der Waals surface area contributed by atoms with Crippen molar-refractivity contribution in [3.05, 3.63) is 34.9 Å². The van der Waals surface area contributed by atoms with Gasteiger partial charge in [0, 0.05) is 30.1 Å². The van der Waals surface area contributed by atoms with Gasteiger partial charge in [-0.15, -0.1) is 0 Å². The van der Waals surface area contributed by atoms with Crippen molar-refractivity contribution in [2.24, 2.45) is 0 Å². The van der Waals surface area contributed by atoms with Gasteiger partial charge in [0.05, 0.1) is 0 Å². The maximum atomic E-state index is 12.8. The number of carbonyl (C=O) groups is 3. The molecule has 1 aliphatic rings. The number of hydrogen-bond acceptors (Lipinski definition) is 3. The first-order valence-electron chi connectivity index (χ1n) is 8.40. The standard InChI is InChI=1S/C18H23ClN2O3/c1-3-11-20(12-4-2)18(24)15-9-10-16(22)21(15)17(23)13-5-7-14(19)8-6-13/h5-8,15H,3-4,9-12H2,1-2H3. The van der Waals surface area contributed by atoms with Crippen molar-refractivity contribution in [3.63, 3.8) is 0 Å². The second-order valence-corrected chi connectivity index (χ2v) is 6.39. The van der Waals surface area contributed by atoms with Gasteiger partial charge in [-0.2, -0.15) is 0 Å². The normalized spacial score (nSPS) is 17.2. The molecule has 1 fully saturated rings. The van der Waals surface area contributed by atoms with Crippen LogP contribution >= 0.6 is 11.6 Å². The Bertz CT molecular complexity index is 609. The number of benzene rings is 1. The average Bonchev–Trinajstić information content (AvgIpc) is 2.95. The van der Waals surface area contributed by atoms with Crippen LogP contribution in [0, 0.1) is 0 Å². The fourth-order valence-electron chi connectivity index (χ4n) is 2.99. The lowest BCUT2D eigenvalue weighted by molar-refractivity contribution is -0.139. The Labute approximate surface area is 147 Å². The smallest absolute Gasteiger partial charge is 0.261 e. The Morgan fingerprint density at radius 1 is 1.17 bits per heavy atom. The van der Waals surface area contributed by atoms with Gasteiger partial charge in [0.25, 0.3) is 5.91 Å². The van der Waals surface area contributed by atoms with E-state index in [-0.39, 0.29) is 18.2 Å². The highest BCUT2D eigenvalue weighted by atomic mass is 35.5. The number of rotatable bonds is 6. The van der Waals surface area contributed by atoms with Crippen LogP contribution in [0.25, 0.3) is 0 Å². The maximum absolute atomic E-state index is 12.8. The zero-order chi connectivity index (χ0) is 17.7. The van der Waals surface area contributed by atoms with Crippen molar-refractivity contribution in [1.82, 2.24) is 9.80 Å². The highest BCUT2D eigenvalue weighted by Crippen LogP contribution is 2.24. The molecule has 1 atom stereocenters. The Morgan fingerprint density at radius 2 is 1.75 bits per heavy atom. The topological polar surface area (TPSA) is 57.7 Å². The van der Waals surface area contributed by atoms with Crippen LogP contribution in [0.15, 0.2) is 24.3 Å². The molecule has 0 spiro atoms. The van der Waals surface area contributed by atoms with Gasteiger partial charge in [-0.1, -0.05) is 25.4 Å². The quantitative estimate of drug-likeness (QED) is 0.741. The predicted molar refractivity (Wildman–Crippen MR) is 92.8 cm³/mol. The molecule has 1 aromatic carbocycles. The molecule has 24 heavy (non-hydrogen) atoms. The third-order valence-electron chi connectivity index (χ3n) is 4.11. The van der Waals surface area contributed by atoms with E-state index in [1.165, 1.54) is 0 Å². The predicted octanol–water partition coefficient (Wildman–Crippen LogP) is 3.12. The van der Waals surface area contributed by atoms with Crippen LogP contribution in [0.1, 0.15) is 49.9 Å². The van der Waals surface area contributed by atoms with Crippen LogP contribution in [0.4, 0.5) is 0 Å². The van der Waals surface area contributed by atoms with Crippen LogP contribution in [-0.2, 0) is 9.59 Å². The lowest BCUT2D eigenvalue weighted by atomic mass is 10.1. The van der Waals surface area contributed by atoms with E-state index in [2.05, 4.69) is 0 Å². The van der Waals surface area contributed by atoms with E-state index >= 15 is 0 Å². The Kier molecular flexibility index (Phi) is 6.37. The third kappa shape index (κ3) is 3.96. The molecule has 2 rings (SSSR count). The number of halogens is 1. The van der Waals surface area contributed by atoms with Gasteiger partial charge in [0.1, 0.15) is 6.04 Å². The Morgan fingerprint density at radius 3 is 2.29 bits per heavy atom. The summed E-state index contributed by atoms with van der Waals surface area (Å²) in [7, 11) is 0. The lowest BCUT2D eigenvalue weighted by Gasteiger charge is -2.29. The second-order valence-electron chi connectivity index (χ2n) is 5.96. The molecule has 0 bridgehead atoms. The van der Waals surface area contributed by atoms with Gasteiger partial charge in [-0.05, 0) is 43.5 Å². The number of likely N-dealkylation sites (tertiary alicyclic amines) is 1. The number of imide groups is 1. The van der Waals surface area contributed by atoms with E-state index in [1.54, 1.807) is 29.2 Å². The molecule has 0 aromatic heterocycles. The van der Waals surface area contributed by atoms with Crippen molar-refractivity contribution < 1.29 is 14.4 Å². The molecule has 1 aromatic rings. The first-order chi connectivity index (χ1) is 11.5. The van der Waals surface area contributed by atoms with Gasteiger partial charge in [0.2, 0.25) is 11.8 Å². The molecule has 0 N–H and O–H groups in total. The van der Waals surface area contributed by atoms with E-state index in [1.807, 2.05) is 13.8 Å². The van der Waals surface area contributed by atoms with E-state index in [9.17, 15) is 14.4 Å². The summed E-state index contributed by atoms with van der Waals surface area (Å²) in [6, 6.07) is 5.67. The Balaban J connectivity index is 2.23. The number of carbonyl (C=O) groups excluding carboxylic acids is 3. The Hall–Kier alpha value is -1.88. The van der Waals surface area contributed by atoms with Gasteiger partial charge in [-0.25, -0.2) is 0 Å². The highest BCUT2D eigenvalue weighted by molar-refractivity contribution is 6.30. The van der Waals surface area contributed by atoms with Crippen LogP contribution < -0.4 is 0 Å². The molecule has 1 heterocycles. The third-order valence-corrected chi connectivity index (χ3v) is 4.36. The van der Waals surface area contributed by atoms with Crippen molar-refractivity contribution in [1.29, 1.82) is 0 Å². The summed E-state index contributed by atoms with van der Waals surface area (Å²) in [4.78, 5) is 40.6. The van der Waals surface area contributed by atoms with Gasteiger partial charge < -0.3 is 4.90 Å². The van der Waals surface area contributed by atoms with E-state index in [0.717, 1.165) is 17.7 Å². The van der Waals surface area contributed by atoms with Crippen LogP contribution in [0.3, 0.4) is 0 Å². The minimum absolute atomic E-state index is 0.133. The molecule has 130 valence electrons. The van der Waals surface area contributed by atoms with E-state index in [4.69, 9.17) is 11.6 Å². The molecule has 0 aliphatic carbocycles. The second kappa shape index (κ2) is 8.29. The molecule has 0 saturated carbocycles. The van der Waals surface area contributed by atoms with Crippen LogP contribution in [0.2, 0.25) is 5.02 Å². The summed E-state index contributed by atoms with van der Waals surface area (Å²) in [5.74, 6) is -0.853. The molecule has 6 heteroatoms. The average molecular weight is 351 g/mol. The molecule has 1 aliphatic heterocycles. The summed E-state index contributed by atoms with van der Waals surface area (Å²) < 4.78 is 0. The first-order valence-corrected chi connectivity index (χ1v) is 8.78. The summed E-state index contributed by atoms with van der Waals surface area (Å²) in [6.45, 7) is 5.29. The fraction of sp³-hybridized carbons (Fsp3) is 0.500. The monoisotopic (exact) mass is 350 g/mol. The van der Waals surface area contributed by atoms with Crippen LogP contribution in [-0.4, -0.2) is 46.7 Å². The number of hydrogen-bond donors (Lipinski definition) is 0. The zero-order valence-electron chi connectivity index (χ0n) is 14.1.